The Morgan fingerprint density at radius 3 is 2.00 bits per heavy atom. The maximum absolute atomic E-state index is 13.7. The van der Waals surface area contributed by atoms with Crippen molar-refractivity contribution < 1.29 is 27.9 Å². The van der Waals surface area contributed by atoms with Crippen LogP contribution in [0.4, 0.5) is 0 Å². The van der Waals surface area contributed by atoms with Gasteiger partial charge in [-0.25, -0.2) is 18.0 Å². The van der Waals surface area contributed by atoms with Gasteiger partial charge in [0.1, 0.15) is 0 Å². The molecule has 0 spiro atoms. The molecule has 3 aromatic carbocycles. The number of rotatable bonds is 9. The van der Waals surface area contributed by atoms with Gasteiger partial charge in [0.25, 0.3) is 0 Å². The lowest BCUT2D eigenvalue weighted by Gasteiger charge is -2.31. The van der Waals surface area contributed by atoms with E-state index in [9.17, 15) is 18.0 Å². The van der Waals surface area contributed by atoms with Crippen LogP contribution in [0.1, 0.15) is 51.2 Å². The van der Waals surface area contributed by atoms with Crippen molar-refractivity contribution in [1.82, 2.24) is 4.31 Å². The van der Waals surface area contributed by atoms with E-state index in [4.69, 9.17) is 9.84 Å². The minimum Gasteiger partial charge on any atom is -0.478 e. The summed E-state index contributed by atoms with van der Waals surface area (Å²) in [4.78, 5) is 23.1. The summed E-state index contributed by atoms with van der Waals surface area (Å²) in [6.45, 7) is 1.94. The van der Waals surface area contributed by atoms with E-state index in [2.05, 4.69) is 0 Å². The van der Waals surface area contributed by atoms with Crippen LogP contribution < -0.4 is 0 Å². The molecular weight excluding hydrogens is 442 g/mol. The first-order chi connectivity index (χ1) is 15.8. The van der Waals surface area contributed by atoms with Gasteiger partial charge in [-0.1, -0.05) is 49.4 Å². The predicted octanol–water partition coefficient (Wildman–Crippen LogP) is 4.51. The Bertz CT molecular complexity index is 1210. The van der Waals surface area contributed by atoms with Crippen LogP contribution in [0.15, 0.2) is 83.8 Å². The number of methoxy groups -OCH3 is 1. The SMILES string of the molecule is CCC(c1ccc(C(=O)OC)cc1)N(Cc1ccc(C(=O)O)cc1)S(=O)(=O)c1ccccc1. The summed E-state index contributed by atoms with van der Waals surface area (Å²) in [5.74, 6) is -1.52. The molecule has 0 amide bonds. The predicted molar refractivity (Wildman–Crippen MR) is 123 cm³/mol. The molecule has 0 radical (unpaired) electrons. The van der Waals surface area contributed by atoms with Crippen LogP contribution in [0, 0.1) is 0 Å². The Morgan fingerprint density at radius 1 is 0.909 bits per heavy atom. The molecule has 1 atom stereocenters. The fourth-order valence-corrected chi connectivity index (χ4v) is 5.28. The molecule has 3 aromatic rings. The third kappa shape index (κ3) is 5.47. The second-order valence-corrected chi connectivity index (χ2v) is 9.29. The number of benzene rings is 3. The van der Waals surface area contributed by atoms with Crippen molar-refractivity contribution >= 4 is 22.0 Å². The first-order valence-electron chi connectivity index (χ1n) is 10.3. The number of aromatic carboxylic acids is 1. The van der Waals surface area contributed by atoms with Crippen LogP contribution in [0.25, 0.3) is 0 Å². The van der Waals surface area contributed by atoms with Gasteiger partial charge in [-0.05, 0) is 53.9 Å². The molecule has 0 fully saturated rings. The van der Waals surface area contributed by atoms with E-state index in [1.54, 1.807) is 66.7 Å². The quantitative estimate of drug-likeness (QED) is 0.465. The molecule has 0 heterocycles. The first kappa shape index (κ1) is 24.2. The van der Waals surface area contributed by atoms with E-state index in [1.807, 2.05) is 6.92 Å². The number of esters is 1. The van der Waals surface area contributed by atoms with Gasteiger partial charge in [0.2, 0.25) is 10.0 Å². The third-order valence-electron chi connectivity index (χ3n) is 5.34. The van der Waals surface area contributed by atoms with Crippen molar-refractivity contribution in [2.75, 3.05) is 7.11 Å². The summed E-state index contributed by atoms with van der Waals surface area (Å²) in [5.41, 5.74) is 1.88. The van der Waals surface area contributed by atoms with E-state index in [-0.39, 0.29) is 17.0 Å². The standard InChI is InChI=1S/C25H25NO6S/c1-3-23(19-13-15-21(16-14-19)25(29)32-2)26(33(30,31)22-7-5-4-6-8-22)17-18-9-11-20(12-10-18)24(27)28/h4-16,23H,3,17H2,1-2H3,(H,27,28). The molecule has 33 heavy (non-hydrogen) atoms. The van der Waals surface area contributed by atoms with Crippen molar-refractivity contribution in [2.24, 2.45) is 0 Å². The number of hydrogen-bond acceptors (Lipinski definition) is 5. The monoisotopic (exact) mass is 467 g/mol. The number of sulfonamides is 1. The Balaban J connectivity index is 2.04. The zero-order valence-electron chi connectivity index (χ0n) is 18.3. The van der Waals surface area contributed by atoms with Crippen LogP contribution in [0.2, 0.25) is 0 Å². The Labute approximate surface area is 193 Å². The molecule has 0 saturated carbocycles. The number of hydrogen-bond donors (Lipinski definition) is 1. The van der Waals surface area contributed by atoms with Crippen molar-refractivity contribution in [3.8, 4) is 0 Å². The average Bonchev–Trinajstić information content (AvgIpc) is 2.84. The maximum atomic E-state index is 13.7. The van der Waals surface area contributed by atoms with Gasteiger partial charge in [-0.2, -0.15) is 4.31 Å². The van der Waals surface area contributed by atoms with Gasteiger partial charge in [0, 0.05) is 6.54 Å². The van der Waals surface area contributed by atoms with Crippen LogP contribution in [-0.4, -0.2) is 36.9 Å². The molecular formula is C25H25NO6S. The van der Waals surface area contributed by atoms with Crippen LogP contribution >= 0.6 is 0 Å². The fraction of sp³-hybridized carbons (Fsp3) is 0.200. The fourth-order valence-electron chi connectivity index (χ4n) is 3.59. The average molecular weight is 468 g/mol. The molecule has 7 nitrogen and oxygen atoms in total. The molecule has 0 saturated heterocycles. The topological polar surface area (TPSA) is 101 Å². The molecule has 8 heteroatoms. The summed E-state index contributed by atoms with van der Waals surface area (Å²) < 4.78 is 33.5. The number of carbonyl (C=O) groups excluding carboxylic acids is 1. The van der Waals surface area contributed by atoms with Gasteiger partial charge in [-0.15, -0.1) is 0 Å². The number of ether oxygens (including phenoxy) is 1. The molecule has 0 aliphatic heterocycles. The van der Waals surface area contributed by atoms with Gasteiger partial charge in [0.05, 0.1) is 29.2 Å². The Kier molecular flexibility index (Phi) is 7.63. The van der Waals surface area contributed by atoms with Crippen molar-refractivity contribution in [1.29, 1.82) is 0 Å². The summed E-state index contributed by atoms with van der Waals surface area (Å²) in [7, 11) is -2.59. The molecule has 0 aromatic heterocycles. The van der Waals surface area contributed by atoms with E-state index in [1.165, 1.54) is 23.5 Å². The van der Waals surface area contributed by atoms with E-state index < -0.39 is 28.0 Å². The molecule has 172 valence electrons. The molecule has 0 bridgehead atoms. The summed E-state index contributed by atoms with van der Waals surface area (Å²) in [6.07, 6.45) is 0.483. The number of nitrogens with zero attached hydrogens (tertiary/aromatic N) is 1. The highest BCUT2D eigenvalue weighted by Crippen LogP contribution is 2.32. The Hall–Kier alpha value is -3.49. The van der Waals surface area contributed by atoms with Crippen molar-refractivity contribution in [2.45, 2.75) is 30.8 Å². The van der Waals surface area contributed by atoms with Gasteiger partial charge >= 0.3 is 11.9 Å². The molecule has 0 aliphatic carbocycles. The first-order valence-corrected chi connectivity index (χ1v) is 11.8. The minimum atomic E-state index is -3.89. The summed E-state index contributed by atoms with van der Waals surface area (Å²) >= 11 is 0. The number of carboxylic acid groups (broad SMARTS) is 1. The highest BCUT2D eigenvalue weighted by molar-refractivity contribution is 7.89. The van der Waals surface area contributed by atoms with E-state index >= 15 is 0 Å². The lowest BCUT2D eigenvalue weighted by atomic mass is 10.0. The summed E-state index contributed by atoms with van der Waals surface area (Å²) in [5, 5.41) is 9.15. The second-order valence-electron chi connectivity index (χ2n) is 7.40. The number of carbonyl (C=O) groups is 2. The lowest BCUT2D eigenvalue weighted by molar-refractivity contribution is 0.0599. The van der Waals surface area contributed by atoms with Crippen molar-refractivity contribution in [3.63, 3.8) is 0 Å². The smallest absolute Gasteiger partial charge is 0.337 e. The zero-order chi connectivity index (χ0) is 24.0. The normalized spacial score (nSPS) is 12.3. The van der Waals surface area contributed by atoms with Crippen molar-refractivity contribution in [3.05, 3.63) is 101 Å². The van der Waals surface area contributed by atoms with Crippen LogP contribution in [0.5, 0.6) is 0 Å². The second kappa shape index (κ2) is 10.4. The molecule has 0 aliphatic rings. The van der Waals surface area contributed by atoms with Gasteiger partial charge in [-0.3, -0.25) is 0 Å². The maximum Gasteiger partial charge on any atom is 0.337 e. The molecule has 1 N–H and O–H groups in total. The number of carboxylic acids is 1. The minimum absolute atomic E-state index is 0.0500. The van der Waals surface area contributed by atoms with E-state index in [0.717, 1.165) is 5.56 Å². The highest BCUT2D eigenvalue weighted by Gasteiger charge is 2.32. The lowest BCUT2D eigenvalue weighted by Crippen LogP contribution is -2.34. The summed E-state index contributed by atoms with van der Waals surface area (Å²) in [6, 6.07) is 20.5. The van der Waals surface area contributed by atoms with Gasteiger partial charge in [0.15, 0.2) is 0 Å². The van der Waals surface area contributed by atoms with Crippen LogP contribution in [0.3, 0.4) is 0 Å². The van der Waals surface area contributed by atoms with Crippen LogP contribution in [-0.2, 0) is 21.3 Å². The van der Waals surface area contributed by atoms with Gasteiger partial charge < -0.3 is 9.84 Å². The third-order valence-corrected chi connectivity index (χ3v) is 7.21. The van der Waals surface area contributed by atoms with E-state index in [0.29, 0.717) is 17.5 Å². The molecule has 3 rings (SSSR count). The molecule has 1 unspecified atom stereocenters. The largest absolute Gasteiger partial charge is 0.478 e. The zero-order valence-corrected chi connectivity index (χ0v) is 19.2. The highest BCUT2D eigenvalue weighted by atomic mass is 32.2. The Morgan fingerprint density at radius 2 is 1.48 bits per heavy atom.